The van der Waals surface area contributed by atoms with Crippen LogP contribution < -0.4 is 10.1 Å². The Kier molecular flexibility index (Phi) is 5.10. The molecule has 0 spiro atoms. The Bertz CT molecular complexity index is 1170. The number of hydrogen-bond donors (Lipinski definition) is 2. The maximum atomic E-state index is 10.2. The molecule has 4 aromatic rings. The van der Waals surface area contributed by atoms with Crippen molar-refractivity contribution in [1.29, 1.82) is 0 Å². The number of nitrogens with zero attached hydrogens (tertiary/aromatic N) is 4. The van der Waals surface area contributed by atoms with Gasteiger partial charge in [0.2, 0.25) is 0 Å². The number of rotatable bonds is 5. The second-order valence-corrected chi connectivity index (χ2v) is 8.63. The van der Waals surface area contributed by atoms with Crippen molar-refractivity contribution in [1.82, 2.24) is 19.7 Å². The lowest BCUT2D eigenvalue weighted by Gasteiger charge is -2.27. The van der Waals surface area contributed by atoms with Crippen molar-refractivity contribution in [3.8, 4) is 22.8 Å². The first-order valence-corrected chi connectivity index (χ1v) is 10.9. The van der Waals surface area contributed by atoms with E-state index in [1.54, 1.807) is 29.9 Å². The van der Waals surface area contributed by atoms with E-state index in [0.29, 0.717) is 5.75 Å². The molecule has 3 heterocycles. The van der Waals surface area contributed by atoms with E-state index < -0.39 is 0 Å². The number of ether oxygens (including phenoxy) is 1. The van der Waals surface area contributed by atoms with Crippen LogP contribution in [0.5, 0.6) is 11.5 Å². The number of fused-ring (bicyclic) bond motifs is 1. The van der Waals surface area contributed by atoms with Crippen LogP contribution in [0.3, 0.4) is 0 Å². The van der Waals surface area contributed by atoms with Crippen LogP contribution in [-0.2, 0) is 7.05 Å². The van der Waals surface area contributed by atoms with E-state index in [4.69, 9.17) is 4.74 Å². The fraction of sp³-hybridized carbons (Fsp3) is 0.318. The predicted molar refractivity (Wildman–Crippen MR) is 118 cm³/mol. The Hall–Kier alpha value is -2.97. The second kappa shape index (κ2) is 8.04. The molecule has 0 saturated heterocycles. The van der Waals surface area contributed by atoms with E-state index in [2.05, 4.69) is 20.4 Å². The highest BCUT2D eigenvalue weighted by Gasteiger charge is 2.23. The van der Waals surface area contributed by atoms with Crippen molar-refractivity contribution in [3.63, 3.8) is 0 Å². The second-order valence-electron chi connectivity index (χ2n) is 7.60. The van der Waals surface area contributed by atoms with Gasteiger partial charge in [-0.2, -0.15) is 5.10 Å². The van der Waals surface area contributed by atoms with Gasteiger partial charge in [-0.1, -0.05) is 24.2 Å². The van der Waals surface area contributed by atoms with E-state index in [1.807, 2.05) is 42.1 Å². The average Bonchev–Trinajstić information content (AvgIpc) is 3.35. The molecule has 1 aliphatic carbocycles. The van der Waals surface area contributed by atoms with Gasteiger partial charge in [0, 0.05) is 31.1 Å². The topological polar surface area (TPSA) is 85.1 Å². The minimum absolute atomic E-state index is 0.0795. The molecule has 5 rings (SSSR count). The normalized spacial score (nSPS) is 19.1. The molecule has 1 aromatic carbocycles. The summed E-state index contributed by atoms with van der Waals surface area (Å²) >= 11 is 1.58. The lowest BCUT2D eigenvalue weighted by atomic mass is 9.93. The molecule has 0 amide bonds. The molecule has 8 heteroatoms. The number of pyridine rings is 1. The molecule has 2 N–H and O–H groups in total. The lowest BCUT2D eigenvalue weighted by molar-refractivity contribution is 0.116. The minimum atomic E-state index is -0.302. The van der Waals surface area contributed by atoms with Gasteiger partial charge in [-0.3, -0.25) is 9.67 Å². The van der Waals surface area contributed by atoms with Gasteiger partial charge in [0.15, 0.2) is 5.13 Å². The van der Waals surface area contributed by atoms with Crippen LogP contribution in [0, 0.1) is 0 Å². The molecule has 0 aliphatic heterocycles. The summed E-state index contributed by atoms with van der Waals surface area (Å²) in [5.41, 5.74) is 2.84. The van der Waals surface area contributed by atoms with Gasteiger partial charge in [-0.25, -0.2) is 4.98 Å². The van der Waals surface area contributed by atoms with Crippen molar-refractivity contribution in [2.24, 2.45) is 7.05 Å². The molecule has 7 nitrogen and oxygen atoms in total. The number of aryl methyl sites for hydroxylation is 1. The molecule has 30 heavy (non-hydrogen) atoms. The third-order valence-corrected chi connectivity index (χ3v) is 6.41. The van der Waals surface area contributed by atoms with Crippen molar-refractivity contribution in [2.45, 2.75) is 37.8 Å². The Morgan fingerprint density at radius 3 is 2.87 bits per heavy atom. The highest BCUT2D eigenvalue weighted by atomic mass is 32.1. The molecule has 0 radical (unpaired) electrons. The zero-order valence-corrected chi connectivity index (χ0v) is 17.5. The van der Waals surface area contributed by atoms with Gasteiger partial charge in [-0.15, -0.1) is 0 Å². The van der Waals surface area contributed by atoms with Gasteiger partial charge in [-0.05, 0) is 37.1 Å². The van der Waals surface area contributed by atoms with E-state index in [9.17, 15) is 5.11 Å². The number of benzene rings is 1. The van der Waals surface area contributed by atoms with Crippen molar-refractivity contribution in [3.05, 3.63) is 48.9 Å². The molecule has 2 atom stereocenters. The number of aliphatic hydroxyl groups excluding tert-OH is 1. The number of aliphatic hydroxyl groups is 1. The number of nitrogens with one attached hydrogen (secondary N) is 1. The largest absolute Gasteiger partial charge is 0.456 e. The lowest BCUT2D eigenvalue weighted by Crippen LogP contribution is -2.36. The van der Waals surface area contributed by atoms with Crippen LogP contribution >= 0.6 is 11.3 Å². The highest BCUT2D eigenvalue weighted by molar-refractivity contribution is 7.22. The zero-order chi connectivity index (χ0) is 20.5. The van der Waals surface area contributed by atoms with Crippen molar-refractivity contribution in [2.75, 3.05) is 5.32 Å². The number of anilines is 1. The summed E-state index contributed by atoms with van der Waals surface area (Å²) in [6.07, 6.45) is 9.03. The van der Waals surface area contributed by atoms with Crippen molar-refractivity contribution < 1.29 is 9.84 Å². The Labute approximate surface area is 178 Å². The van der Waals surface area contributed by atoms with E-state index in [1.165, 1.54) is 0 Å². The van der Waals surface area contributed by atoms with E-state index in [-0.39, 0.29) is 12.1 Å². The third kappa shape index (κ3) is 3.88. The molecule has 0 unspecified atom stereocenters. The van der Waals surface area contributed by atoms with Crippen LogP contribution in [0.15, 0.2) is 48.9 Å². The summed E-state index contributed by atoms with van der Waals surface area (Å²) in [5.74, 6) is 1.40. The molecule has 1 fully saturated rings. The first kappa shape index (κ1) is 19.0. The van der Waals surface area contributed by atoms with Crippen LogP contribution in [-0.4, -0.2) is 37.0 Å². The molecule has 0 bridgehead atoms. The molecular weight excluding hydrogens is 398 g/mol. The number of aromatic nitrogens is 4. The Balaban J connectivity index is 1.35. The van der Waals surface area contributed by atoms with Gasteiger partial charge in [0.25, 0.3) is 0 Å². The maximum absolute atomic E-state index is 10.2. The predicted octanol–water partition coefficient (Wildman–Crippen LogP) is 4.60. The zero-order valence-electron chi connectivity index (χ0n) is 16.7. The highest BCUT2D eigenvalue weighted by Crippen LogP contribution is 2.33. The standard InChI is InChI=1S/C22H23N5O2S/c1-27-19(8-9-24-27)14-10-16(13-23-12-14)29-15-6-7-18-21(11-15)30-22(26-18)25-17-4-2-3-5-20(17)28/h6-13,17,20,28H,2-5H2,1H3,(H,25,26)/t17-,20-/m1/s1. The first-order chi connectivity index (χ1) is 14.7. The summed E-state index contributed by atoms with van der Waals surface area (Å²) in [4.78, 5) is 8.97. The van der Waals surface area contributed by atoms with E-state index >= 15 is 0 Å². The number of hydrogen-bond acceptors (Lipinski definition) is 7. The molecule has 154 valence electrons. The summed E-state index contributed by atoms with van der Waals surface area (Å²) in [6, 6.07) is 9.85. The SMILES string of the molecule is Cn1nccc1-c1cncc(Oc2ccc3nc(N[C@@H]4CCCC[C@H]4O)sc3c2)c1. The summed E-state index contributed by atoms with van der Waals surface area (Å²) < 4.78 is 8.91. The van der Waals surface area contributed by atoms with Gasteiger partial charge in [0.1, 0.15) is 11.5 Å². The summed E-state index contributed by atoms with van der Waals surface area (Å²) in [5, 5.41) is 18.7. The van der Waals surface area contributed by atoms with Crippen LogP contribution in [0.1, 0.15) is 25.7 Å². The molecule has 1 aliphatic rings. The smallest absolute Gasteiger partial charge is 0.184 e. The summed E-state index contributed by atoms with van der Waals surface area (Å²) in [6.45, 7) is 0. The first-order valence-electron chi connectivity index (χ1n) is 10.1. The van der Waals surface area contributed by atoms with Crippen LogP contribution in [0.2, 0.25) is 0 Å². The van der Waals surface area contributed by atoms with Gasteiger partial charge in [0.05, 0.1) is 34.3 Å². The Morgan fingerprint density at radius 2 is 2.03 bits per heavy atom. The fourth-order valence-electron chi connectivity index (χ4n) is 3.88. The van der Waals surface area contributed by atoms with Gasteiger partial charge >= 0.3 is 0 Å². The van der Waals surface area contributed by atoms with E-state index in [0.717, 1.165) is 58.0 Å². The molecular formula is C22H23N5O2S. The molecule has 1 saturated carbocycles. The van der Waals surface area contributed by atoms with Crippen molar-refractivity contribution >= 4 is 26.7 Å². The fourth-order valence-corrected chi connectivity index (χ4v) is 4.83. The maximum Gasteiger partial charge on any atom is 0.184 e. The van der Waals surface area contributed by atoms with Crippen LogP contribution in [0.25, 0.3) is 21.5 Å². The number of thiazole rings is 1. The quantitative estimate of drug-likeness (QED) is 0.490. The molecule has 3 aromatic heterocycles. The average molecular weight is 422 g/mol. The Morgan fingerprint density at radius 1 is 1.13 bits per heavy atom. The van der Waals surface area contributed by atoms with Gasteiger partial charge < -0.3 is 15.2 Å². The third-order valence-electron chi connectivity index (χ3n) is 5.46. The summed E-state index contributed by atoms with van der Waals surface area (Å²) in [7, 11) is 1.90. The monoisotopic (exact) mass is 421 g/mol. The van der Waals surface area contributed by atoms with Crippen LogP contribution in [0.4, 0.5) is 5.13 Å². The minimum Gasteiger partial charge on any atom is -0.456 e.